The van der Waals surface area contributed by atoms with E-state index in [9.17, 15) is 0 Å². The van der Waals surface area contributed by atoms with Gasteiger partial charge in [0, 0.05) is 44.8 Å². The van der Waals surface area contributed by atoms with Crippen molar-refractivity contribution < 1.29 is 9.47 Å². The molecule has 126 valence electrons. The number of hydrogen-bond donors (Lipinski definition) is 0. The van der Waals surface area contributed by atoms with Gasteiger partial charge in [0.2, 0.25) is 5.88 Å². The zero-order chi connectivity index (χ0) is 15.6. The number of rotatable bonds is 5. The summed E-state index contributed by atoms with van der Waals surface area (Å²) in [6.45, 7) is 6.37. The zero-order valence-corrected chi connectivity index (χ0v) is 14.0. The highest BCUT2D eigenvalue weighted by molar-refractivity contribution is 5.15. The summed E-state index contributed by atoms with van der Waals surface area (Å²) in [6, 6.07) is 6.58. The van der Waals surface area contributed by atoms with Gasteiger partial charge in [0.05, 0.1) is 25.5 Å². The molecule has 2 aliphatic heterocycles. The third-order valence-corrected chi connectivity index (χ3v) is 5.35. The number of pyridine rings is 1. The Bertz CT molecular complexity index is 535. The van der Waals surface area contributed by atoms with Crippen molar-refractivity contribution in [3.63, 3.8) is 0 Å². The summed E-state index contributed by atoms with van der Waals surface area (Å²) in [5, 5.41) is 0. The molecular formula is C18H27N3O2. The van der Waals surface area contributed by atoms with Gasteiger partial charge in [0.25, 0.3) is 0 Å². The van der Waals surface area contributed by atoms with E-state index in [0.717, 1.165) is 50.8 Å². The minimum absolute atomic E-state index is 0.428. The Morgan fingerprint density at radius 3 is 3.00 bits per heavy atom. The van der Waals surface area contributed by atoms with Crippen molar-refractivity contribution in [1.29, 1.82) is 0 Å². The van der Waals surface area contributed by atoms with Gasteiger partial charge in [-0.1, -0.05) is 6.07 Å². The largest absolute Gasteiger partial charge is 0.481 e. The first-order valence-electron chi connectivity index (χ1n) is 8.90. The van der Waals surface area contributed by atoms with E-state index in [-0.39, 0.29) is 0 Å². The molecule has 2 atom stereocenters. The Morgan fingerprint density at radius 1 is 1.26 bits per heavy atom. The first kappa shape index (κ1) is 15.4. The van der Waals surface area contributed by atoms with Gasteiger partial charge in [-0.15, -0.1) is 0 Å². The van der Waals surface area contributed by atoms with Crippen molar-refractivity contribution in [2.45, 2.75) is 38.0 Å². The smallest absolute Gasteiger partial charge is 0.213 e. The normalized spacial score (nSPS) is 29.3. The molecule has 5 heteroatoms. The van der Waals surface area contributed by atoms with Gasteiger partial charge in [-0.25, -0.2) is 4.98 Å². The lowest BCUT2D eigenvalue weighted by Crippen LogP contribution is -2.60. The van der Waals surface area contributed by atoms with E-state index in [0.29, 0.717) is 18.0 Å². The lowest BCUT2D eigenvalue weighted by Gasteiger charge is -2.47. The van der Waals surface area contributed by atoms with Gasteiger partial charge < -0.3 is 9.47 Å². The summed E-state index contributed by atoms with van der Waals surface area (Å²) in [5.41, 5.74) is 1.09. The summed E-state index contributed by atoms with van der Waals surface area (Å²) >= 11 is 0. The molecule has 3 heterocycles. The molecule has 0 amide bonds. The second-order valence-corrected chi connectivity index (χ2v) is 7.11. The number of fused-ring (bicyclic) bond motifs is 1. The topological polar surface area (TPSA) is 37.8 Å². The number of ether oxygens (including phenoxy) is 2. The van der Waals surface area contributed by atoms with Crippen molar-refractivity contribution >= 4 is 0 Å². The van der Waals surface area contributed by atoms with Gasteiger partial charge in [-0.3, -0.25) is 9.80 Å². The fourth-order valence-corrected chi connectivity index (χ4v) is 3.90. The molecule has 3 fully saturated rings. The highest BCUT2D eigenvalue weighted by Gasteiger charge is 2.39. The number of likely N-dealkylation sites (tertiary alicyclic amines) is 1. The summed E-state index contributed by atoms with van der Waals surface area (Å²) in [5.74, 6) is 1.65. The van der Waals surface area contributed by atoms with Crippen LogP contribution in [0.5, 0.6) is 5.88 Å². The Balaban J connectivity index is 1.40. The lowest BCUT2D eigenvalue weighted by atomic mass is 9.98. The molecule has 5 nitrogen and oxygen atoms in total. The van der Waals surface area contributed by atoms with Gasteiger partial charge in [0.15, 0.2) is 0 Å². The molecule has 1 aromatic heterocycles. The Labute approximate surface area is 138 Å². The number of morpholine rings is 1. The summed E-state index contributed by atoms with van der Waals surface area (Å²) in [7, 11) is 1.67. The second kappa shape index (κ2) is 6.75. The molecule has 2 saturated heterocycles. The molecule has 0 N–H and O–H groups in total. The molecule has 3 aliphatic rings. The van der Waals surface area contributed by atoms with Crippen LogP contribution in [0.2, 0.25) is 0 Å². The molecule has 0 unspecified atom stereocenters. The Hall–Kier alpha value is -1.17. The van der Waals surface area contributed by atoms with E-state index < -0.39 is 0 Å². The molecule has 1 aromatic rings. The van der Waals surface area contributed by atoms with Gasteiger partial charge in [-0.05, 0) is 31.2 Å². The molecule has 0 spiro atoms. The maximum atomic E-state index is 6.05. The summed E-state index contributed by atoms with van der Waals surface area (Å²) in [4.78, 5) is 9.77. The predicted octanol–water partition coefficient (Wildman–Crippen LogP) is 1.78. The first-order chi connectivity index (χ1) is 11.3. The molecule has 0 bridgehead atoms. The average Bonchev–Trinajstić information content (AvgIpc) is 3.40. The van der Waals surface area contributed by atoms with E-state index >= 15 is 0 Å². The predicted molar refractivity (Wildman–Crippen MR) is 88.5 cm³/mol. The van der Waals surface area contributed by atoms with Crippen LogP contribution in [0, 0.1) is 5.92 Å². The molecule has 1 saturated carbocycles. The van der Waals surface area contributed by atoms with Gasteiger partial charge >= 0.3 is 0 Å². The lowest BCUT2D eigenvalue weighted by molar-refractivity contribution is -0.105. The Morgan fingerprint density at radius 2 is 2.17 bits per heavy atom. The molecule has 0 aromatic carbocycles. The molecular weight excluding hydrogens is 290 g/mol. The SMILES string of the molecule is COc1cccc(CN2CC[C@@H]3OCCN(CC4CC4)[C@H]3C2)n1. The van der Waals surface area contributed by atoms with Crippen molar-refractivity contribution in [2.24, 2.45) is 5.92 Å². The highest BCUT2D eigenvalue weighted by Crippen LogP contribution is 2.33. The van der Waals surface area contributed by atoms with Crippen LogP contribution in [0.25, 0.3) is 0 Å². The number of nitrogens with zero attached hydrogens (tertiary/aromatic N) is 3. The minimum atomic E-state index is 0.428. The van der Waals surface area contributed by atoms with Crippen molar-refractivity contribution in [1.82, 2.24) is 14.8 Å². The summed E-state index contributed by atoms with van der Waals surface area (Å²) < 4.78 is 11.3. The van der Waals surface area contributed by atoms with Crippen LogP contribution in [-0.4, -0.2) is 66.8 Å². The quantitative estimate of drug-likeness (QED) is 0.827. The fraction of sp³-hybridized carbons (Fsp3) is 0.722. The molecule has 4 rings (SSSR count). The van der Waals surface area contributed by atoms with Crippen LogP contribution in [0.4, 0.5) is 0 Å². The highest BCUT2D eigenvalue weighted by atomic mass is 16.5. The second-order valence-electron chi connectivity index (χ2n) is 7.11. The van der Waals surface area contributed by atoms with Crippen LogP contribution >= 0.6 is 0 Å². The number of piperidine rings is 1. The number of methoxy groups -OCH3 is 1. The van der Waals surface area contributed by atoms with Crippen LogP contribution in [0.1, 0.15) is 25.0 Å². The summed E-state index contributed by atoms with van der Waals surface area (Å²) in [6.07, 6.45) is 4.41. The third kappa shape index (κ3) is 3.67. The maximum absolute atomic E-state index is 6.05. The van der Waals surface area contributed by atoms with Crippen molar-refractivity contribution in [3.8, 4) is 5.88 Å². The van der Waals surface area contributed by atoms with Gasteiger partial charge in [0.1, 0.15) is 0 Å². The van der Waals surface area contributed by atoms with E-state index in [4.69, 9.17) is 9.47 Å². The van der Waals surface area contributed by atoms with E-state index in [1.807, 2.05) is 12.1 Å². The van der Waals surface area contributed by atoms with Crippen molar-refractivity contribution in [3.05, 3.63) is 23.9 Å². The minimum Gasteiger partial charge on any atom is -0.481 e. The fourth-order valence-electron chi connectivity index (χ4n) is 3.90. The number of aromatic nitrogens is 1. The van der Waals surface area contributed by atoms with Crippen LogP contribution < -0.4 is 4.74 Å². The molecule has 1 aliphatic carbocycles. The van der Waals surface area contributed by atoms with E-state index in [2.05, 4.69) is 20.9 Å². The van der Waals surface area contributed by atoms with Crippen LogP contribution in [0.15, 0.2) is 18.2 Å². The maximum Gasteiger partial charge on any atom is 0.213 e. The first-order valence-corrected chi connectivity index (χ1v) is 8.90. The monoisotopic (exact) mass is 317 g/mol. The average molecular weight is 317 g/mol. The van der Waals surface area contributed by atoms with Crippen LogP contribution in [-0.2, 0) is 11.3 Å². The van der Waals surface area contributed by atoms with E-state index in [1.165, 1.54) is 19.4 Å². The van der Waals surface area contributed by atoms with Crippen molar-refractivity contribution in [2.75, 3.05) is 39.9 Å². The van der Waals surface area contributed by atoms with Crippen LogP contribution in [0.3, 0.4) is 0 Å². The molecule has 23 heavy (non-hydrogen) atoms. The molecule has 0 radical (unpaired) electrons. The Kier molecular flexibility index (Phi) is 4.51. The third-order valence-electron chi connectivity index (χ3n) is 5.35. The standard InChI is InChI=1S/C18H27N3O2/c1-22-18-4-2-3-15(19-18)12-20-8-7-17-16(13-20)21(9-10-23-17)11-14-5-6-14/h2-4,14,16-17H,5-13H2,1H3/t16-,17-/m0/s1. The number of hydrogen-bond acceptors (Lipinski definition) is 5. The van der Waals surface area contributed by atoms with E-state index in [1.54, 1.807) is 7.11 Å². The van der Waals surface area contributed by atoms with Gasteiger partial charge in [-0.2, -0.15) is 0 Å². The zero-order valence-electron chi connectivity index (χ0n) is 14.0.